The fourth-order valence-electron chi connectivity index (χ4n) is 7.76. The van der Waals surface area contributed by atoms with Gasteiger partial charge in [-0.25, -0.2) is 0 Å². The maximum absolute atomic E-state index is 13.8. The second-order valence-electron chi connectivity index (χ2n) is 14.0. The first kappa shape index (κ1) is 33.9. The van der Waals surface area contributed by atoms with E-state index in [0.717, 1.165) is 35.3 Å². The van der Waals surface area contributed by atoms with Crippen molar-refractivity contribution in [2.24, 2.45) is 5.92 Å². The average Bonchev–Trinajstić information content (AvgIpc) is 3.69. The molecule has 0 saturated carbocycles. The molecule has 2 N–H and O–H groups in total. The van der Waals surface area contributed by atoms with Gasteiger partial charge >= 0.3 is 0 Å². The van der Waals surface area contributed by atoms with Gasteiger partial charge in [-0.3, -0.25) is 14.4 Å². The highest BCUT2D eigenvalue weighted by molar-refractivity contribution is 6.71. The Kier molecular flexibility index (Phi) is 9.70. The summed E-state index contributed by atoms with van der Waals surface area (Å²) in [6.07, 6.45) is 4.19. The molecule has 2 aliphatic rings. The molecule has 0 bridgehead atoms. The molecule has 2 aliphatic heterocycles. The minimum atomic E-state index is -2.54. The third kappa shape index (κ3) is 6.89. The maximum atomic E-state index is 13.8. The number of benzene rings is 4. The average molecular weight is 689 g/mol. The van der Waals surface area contributed by atoms with Crippen LogP contribution in [-0.2, 0) is 17.7 Å². The Balaban J connectivity index is 1.02. The van der Waals surface area contributed by atoms with E-state index in [1.54, 1.807) is 11.0 Å². The van der Waals surface area contributed by atoms with Gasteiger partial charge in [0.05, 0.1) is 41.7 Å². The molecular formula is C40H44N4O5Si. The molecule has 1 fully saturated rings. The van der Waals surface area contributed by atoms with Crippen LogP contribution in [0, 0.1) is 5.92 Å². The molecule has 1 saturated heterocycles. The highest BCUT2D eigenvalue weighted by atomic mass is 28.4. The minimum absolute atomic E-state index is 0.0134. The second-order valence-corrected chi connectivity index (χ2v) is 18.0. The van der Waals surface area contributed by atoms with E-state index in [1.165, 1.54) is 0 Å². The first-order valence-corrected chi connectivity index (χ1v) is 20.5. The first-order valence-electron chi connectivity index (χ1n) is 17.4. The summed E-state index contributed by atoms with van der Waals surface area (Å²) in [6, 6.07) is 33.0. The lowest BCUT2D eigenvalue weighted by molar-refractivity contribution is 0.0245. The van der Waals surface area contributed by atoms with Crippen molar-refractivity contribution in [3.05, 3.63) is 132 Å². The van der Waals surface area contributed by atoms with Crippen molar-refractivity contribution in [2.45, 2.75) is 69.5 Å². The zero-order valence-electron chi connectivity index (χ0n) is 28.7. The monoisotopic (exact) mass is 688 g/mol. The van der Waals surface area contributed by atoms with E-state index in [1.807, 2.05) is 109 Å². The van der Waals surface area contributed by atoms with E-state index in [0.29, 0.717) is 35.7 Å². The molecule has 50 heavy (non-hydrogen) atoms. The number of hydrogen-bond donors (Lipinski definition) is 2. The molecule has 0 aliphatic carbocycles. The molecular weight excluding hydrogens is 645 g/mol. The summed E-state index contributed by atoms with van der Waals surface area (Å²) < 4.78 is 14.7. The van der Waals surface area contributed by atoms with Crippen LogP contribution in [0.15, 0.2) is 109 Å². The number of rotatable bonds is 11. The van der Waals surface area contributed by atoms with Crippen LogP contribution in [0.2, 0.25) is 18.6 Å². The molecule has 5 aromatic rings. The lowest BCUT2D eigenvalue weighted by Gasteiger charge is -2.30. The van der Waals surface area contributed by atoms with Gasteiger partial charge in [-0.1, -0.05) is 78.9 Å². The van der Waals surface area contributed by atoms with Gasteiger partial charge in [0.15, 0.2) is 14.1 Å². The second kappa shape index (κ2) is 14.3. The predicted octanol–water partition coefficient (Wildman–Crippen LogP) is 7.48. The van der Waals surface area contributed by atoms with Gasteiger partial charge < -0.3 is 19.4 Å². The van der Waals surface area contributed by atoms with Crippen molar-refractivity contribution >= 4 is 25.6 Å². The minimum Gasteiger partial charge on any atom is -0.454 e. The number of para-hydroxylation sites is 3. The molecule has 4 aromatic carbocycles. The van der Waals surface area contributed by atoms with Gasteiger partial charge in [-0.2, -0.15) is 0 Å². The number of nitrogens with zero attached hydrogens (tertiary/aromatic N) is 4. The Morgan fingerprint density at radius 2 is 1.56 bits per heavy atom. The molecule has 0 spiro atoms. The molecule has 1 amide bonds. The number of fused-ring (bicyclic) bond motifs is 2. The van der Waals surface area contributed by atoms with Crippen LogP contribution in [0.4, 0.5) is 11.4 Å². The summed E-state index contributed by atoms with van der Waals surface area (Å²) >= 11 is 0. The van der Waals surface area contributed by atoms with Gasteiger partial charge in [-0.15, -0.1) is 5.10 Å². The van der Waals surface area contributed by atoms with Gasteiger partial charge in [0.2, 0.25) is 0 Å². The Morgan fingerprint density at radius 3 is 2.30 bits per heavy atom. The molecule has 258 valence electrons. The van der Waals surface area contributed by atoms with Crippen molar-refractivity contribution in [2.75, 3.05) is 11.5 Å². The largest absolute Gasteiger partial charge is 0.454 e. The Labute approximate surface area is 294 Å². The zero-order valence-corrected chi connectivity index (χ0v) is 29.7. The predicted molar refractivity (Wildman–Crippen MR) is 195 cm³/mol. The molecule has 3 heterocycles. The quantitative estimate of drug-likeness (QED) is 0.139. The third-order valence-electron chi connectivity index (χ3n) is 10.2. The van der Waals surface area contributed by atoms with E-state index >= 15 is 0 Å². The van der Waals surface area contributed by atoms with Gasteiger partial charge in [0.1, 0.15) is 5.75 Å². The Bertz CT molecular complexity index is 1930. The van der Waals surface area contributed by atoms with Crippen molar-refractivity contribution in [3.8, 4) is 11.5 Å². The summed E-state index contributed by atoms with van der Waals surface area (Å²) in [6.45, 7) is 6.80. The van der Waals surface area contributed by atoms with E-state index < -0.39 is 8.32 Å². The molecule has 7 rings (SSSR count). The summed E-state index contributed by atoms with van der Waals surface area (Å²) in [5.74, 6) is 1.03. The lowest BCUT2D eigenvalue weighted by atomic mass is 9.95. The number of amides is 1. The number of anilines is 2. The Morgan fingerprint density at radius 1 is 0.860 bits per heavy atom. The highest BCUT2D eigenvalue weighted by Gasteiger charge is 2.49. The van der Waals surface area contributed by atoms with Crippen LogP contribution in [0.1, 0.15) is 52.9 Å². The molecule has 0 radical (unpaired) electrons. The third-order valence-corrected chi connectivity index (χ3v) is 12.7. The normalized spacial score (nSPS) is 20.9. The number of aromatic nitrogens is 3. The van der Waals surface area contributed by atoms with Crippen LogP contribution >= 0.6 is 0 Å². The first-order chi connectivity index (χ1) is 24.2. The van der Waals surface area contributed by atoms with Crippen LogP contribution in [0.3, 0.4) is 0 Å². The van der Waals surface area contributed by atoms with E-state index in [-0.39, 0.29) is 42.1 Å². The van der Waals surface area contributed by atoms with Crippen LogP contribution in [0.25, 0.3) is 0 Å². The van der Waals surface area contributed by atoms with E-state index in [2.05, 4.69) is 29.4 Å². The highest BCUT2D eigenvalue weighted by Crippen LogP contribution is 2.46. The van der Waals surface area contributed by atoms with Gasteiger partial charge in [0, 0.05) is 24.0 Å². The van der Waals surface area contributed by atoms with Gasteiger partial charge in [0.25, 0.3) is 5.91 Å². The summed E-state index contributed by atoms with van der Waals surface area (Å²) in [7, 11) is -2.54. The molecule has 1 unspecified atom stereocenters. The number of carbonyl (C=O) groups is 1. The smallest absolute Gasteiger partial charge is 0.266 e. The van der Waals surface area contributed by atoms with Crippen LogP contribution < -0.4 is 9.64 Å². The number of aliphatic hydroxyl groups is 1. The number of carbonyl (C=O) groups excluding carboxylic acids is 1. The number of aliphatic hydroxyl groups excluding tert-OH is 1. The fourth-order valence-corrected chi connectivity index (χ4v) is 10.4. The molecule has 5 atom stereocenters. The van der Waals surface area contributed by atoms with E-state index in [9.17, 15) is 14.7 Å². The maximum Gasteiger partial charge on any atom is 0.266 e. The lowest BCUT2D eigenvalue weighted by Crippen LogP contribution is -2.40. The van der Waals surface area contributed by atoms with Gasteiger partial charge in [-0.05, 0) is 85.8 Å². The molecule has 10 heteroatoms. The fraction of sp³-hybridized carbons (Fsp3) is 0.325. The molecule has 1 aromatic heterocycles. The van der Waals surface area contributed by atoms with Crippen molar-refractivity contribution < 1.29 is 24.2 Å². The van der Waals surface area contributed by atoms with Crippen molar-refractivity contribution in [1.82, 2.24) is 15.0 Å². The molecule has 9 nitrogen and oxygen atoms in total. The SMILES string of the molecule is C[C@H]1[C@H]([Si](C)(C)O)[C@@H](CCn2cc(C(CO)c3ccccc3)nn2)O[C@H]1CCc1ccc(N2C(=O)c3ccccc3Oc3ccccc32)cc1. The standard InChI is InChI=1S/C40H44N4O5Si/c1-27-35(48-38(39(27)50(2,3)47)23-24-43-25-33(41-42-43)32(26-45)29-11-5-4-6-12-29)22-19-28-17-20-30(21-18-28)44-34-14-8-10-16-37(34)49-36-15-9-7-13-31(36)40(44)46/h4-18,20-21,25,27,32,35,38-39,45,47H,19,22-24,26H2,1-3H3/t27-,32?,35+,38-,39+/m1/s1. The summed E-state index contributed by atoms with van der Waals surface area (Å²) in [4.78, 5) is 26.9. The summed E-state index contributed by atoms with van der Waals surface area (Å²) in [5, 5.41) is 18.8. The number of hydrogen-bond acceptors (Lipinski definition) is 7. The number of aryl methyl sites for hydroxylation is 2. The van der Waals surface area contributed by atoms with E-state index in [4.69, 9.17) is 9.47 Å². The zero-order chi connectivity index (χ0) is 34.8. The van der Waals surface area contributed by atoms with Crippen LogP contribution in [-0.4, -0.2) is 57.9 Å². The summed E-state index contributed by atoms with van der Waals surface area (Å²) in [5.41, 5.74) is 4.98. The Hall–Kier alpha value is -4.61. The number of ether oxygens (including phenoxy) is 2. The van der Waals surface area contributed by atoms with Crippen molar-refractivity contribution in [1.29, 1.82) is 0 Å². The van der Waals surface area contributed by atoms with Crippen molar-refractivity contribution in [3.63, 3.8) is 0 Å². The van der Waals surface area contributed by atoms with Crippen LogP contribution in [0.5, 0.6) is 11.5 Å². The topological polar surface area (TPSA) is 110 Å².